The highest BCUT2D eigenvalue weighted by molar-refractivity contribution is 7.85. The highest BCUT2D eigenvalue weighted by Gasteiger charge is 2.21. The fourth-order valence-corrected chi connectivity index (χ4v) is 2.58. The van der Waals surface area contributed by atoms with Gasteiger partial charge in [-0.2, -0.15) is 8.42 Å². The zero-order valence-electron chi connectivity index (χ0n) is 10.7. The van der Waals surface area contributed by atoms with Crippen molar-refractivity contribution in [3.05, 3.63) is 48.2 Å². The fraction of sp³-hybridized carbons (Fsp3) is 0.385. The average Bonchev–Trinajstić information content (AvgIpc) is 2.26. The Kier molecular flexibility index (Phi) is 4.93. The number of allylic oxidation sites excluding steroid dienone is 1. The van der Waals surface area contributed by atoms with Crippen LogP contribution in [0, 0.1) is 0 Å². The first-order valence-corrected chi connectivity index (χ1v) is 7.28. The van der Waals surface area contributed by atoms with Crippen LogP contribution in [0.3, 0.4) is 0 Å². The summed E-state index contributed by atoms with van der Waals surface area (Å²) in [6.07, 6.45) is 0.546. The lowest BCUT2D eigenvalue weighted by Crippen LogP contribution is -2.37. The van der Waals surface area contributed by atoms with Crippen molar-refractivity contribution in [3.63, 3.8) is 0 Å². The molecule has 0 fully saturated rings. The number of hydrogen-bond acceptors (Lipinski definition) is 3. The van der Waals surface area contributed by atoms with Gasteiger partial charge in [0, 0.05) is 18.8 Å². The third kappa shape index (κ3) is 4.89. The second-order valence-corrected chi connectivity index (χ2v) is 5.94. The molecule has 0 amide bonds. The summed E-state index contributed by atoms with van der Waals surface area (Å²) >= 11 is 0. The summed E-state index contributed by atoms with van der Waals surface area (Å²) in [6, 6.07) is 9.26. The van der Waals surface area contributed by atoms with Gasteiger partial charge in [0.25, 0.3) is 10.1 Å². The molecule has 0 aliphatic carbocycles. The summed E-state index contributed by atoms with van der Waals surface area (Å²) in [5.74, 6) is -0.300. The van der Waals surface area contributed by atoms with Crippen LogP contribution in [0.5, 0.6) is 0 Å². The number of likely N-dealkylation sites (N-methyl/N-ethyl adjacent to an activating group) is 1. The normalized spacial score (nSPS) is 13.1. The van der Waals surface area contributed by atoms with E-state index in [9.17, 15) is 8.42 Å². The summed E-state index contributed by atoms with van der Waals surface area (Å²) in [7, 11) is -2.23. The number of benzene rings is 1. The Labute approximate surface area is 109 Å². The maximum Gasteiger partial charge on any atom is 0.266 e. The van der Waals surface area contributed by atoms with Crippen LogP contribution in [-0.4, -0.2) is 36.7 Å². The summed E-state index contributed by atoms with van der Waals surface area (Å²) < 4.78 is 31.1. The first kappa shape index (κ1) is 14.7. The molecule has 0 radical (unpaired) electrons. The molecule has 1 atom stereocenters. The van der Waals surface area contributed by atoms with Crippen molar-refractivity contribution in [2.75, 3.05) is 12.8 Å². The van der Waals surface area contributed by atoms with E-state index in [-0.39, 0.29) is 11.8 Å². The average molecular weight is 269 g/mol. The smallest absolute Gasteiger partial charge is 0.266 e. The standard InChI is InChI=1S/C13H19NO3S/c1-11(2)14(3)13(10-18(15,16)17)9-12-7-5-4-6-8-12/h4-8,13H,1,9-10H2,2-3H3,(H,15,16,17). The lowest BCUT2D eigenvalue weighted by Gasteiger charge is -2.29. The van der Waals surface area contributed by atoms with Crippen molar-refractivity contribution in [2.45, 2.75) is 19.4 Å². The number of nitrogens with zero attached hydrogens (tertiary/aromatic N) is 1. The molecule has 1 N–H and O–H groups in total. The van der Waals surface area contributed by atoms with E-state index in [4.69, 9.17) is 4.55 Å². The van der Waals surface area contributed by atoms with Gasteiger partial charge in [0.1, 0.15) is 0 Å². The molecule has 1 aromatic carbocycles. The van der Waals surface area contributed by atoms with Gasteiger partial charge in [-0.1, -0.05) is 36.9 Å². The highest BCUT2D eigenvalue weighted by atomic mass is 32.2. The largest absolute Gasteiger partial charge is 0.374 e. The molecule has 1 unspecified atom stereocenters. The second-order valence-electron chi connectivity index (χ2n) is 4.44. The molecule has 0 aromatic heterocycles. The molecule has 100 valence electrons. The van der Waals surface area contributed by atoms with E-state index >= 15 is 0 Å². The maximum atomic E-state index is 11.1. The van der Waals surface area contributed by atoms with Crippen molar-refractivity contribution in [1.82, 2.24) is 4.90 Å². The Balaban J connectivity index is 2.88. The molecule has 1 rings (SSSR count). The van der Waals surface area contributed by atoms with Crippen molar-refractivity contribution in [2.24, 2.45) is 0 Å². The molecule has 4 nitrogen and oxygen atoms in total. The second kappa shape index (κ2) is 6.02. The van der Waals surface area contributed by atoms with E-state index in [1.807, 2.05) is 37.3 Å². The van der Waals surface area contributed by atoms with Crippen LogP contribution in [-0.2, 0) is 16.5 Å². The van der Waals surface area contributed by atoms with E-state index in [1.54, 1.807) is 11.9 Å². The van der Waals surface area contributed by atoms with E-state index < -0.39 is 10.1 Å². The summed E-state index contributed by atoms with van der Waals surface area (Å²) in [4.78, 5) is 1.78. The van der Waals surface area contributed by atoms with Gasteiger partial charge in [-0.25, -0.2) is 0 Å². The highest BCUT2D eigenvalue weighted by Crippen LogP contribution is 2.13. The van der Waals surface area contributed by atoms with Gasteiger partial charge in [0.2, 0.25) is 0 Å². The lowest BCUT2D eigenvalue weighted by molar-refractivity contribution is 0.318. The van der Waals surface area contributed by atoms with Crippen LogP contribution in [0.1, 0.15) is 12.5 Å². The van der Waals surface area contributed by atoms with E-state index in [0.717, 1.165) is 11.3 Å². The first-order valence-electron chi connectivity index (χ1n) is 5.67. The van der Waals surface area contributed by atoms with E-state index in [1.165, 1.54) is 0 Å². The van der Waals surface area contributed by atoms with Gasteiger partial charge in [0.15, 0.2) is 0 Å². The van der Waals surface area contributed by atoms with Gasteiger partial charge in [-0.3, -0.25) is 4.55 Å². The van der Waals surface area contributed by atoms with Crippen LogP contribution in [0.25, 0.3) is 0 Å². The molecule has 0 saturated heterocycles. The molecule has 0 heterocycles. The predicted octanol–water partition coefficient (Wildman–Crippen LogP) is 1.95. The quantitative estimate of drug-likeness (QED) is 0.802. The van der Waals surface area contributed by atoms with E-state index in [2.05, 4.69) is 6.58 Å². The van der Waals surface area contributed by atoms with Crippen LogP contribution in [0.4, 0.5) is 0 Å². The number of hydrogen-bond donors (Lipinski definition) is 1. The molecule has 0 bridgehead atoms. The van der Waals surface area contributed by atoms with Crippen molar-refractivity contribution >= 4 is 10.1 Å². The fourth-order valence-electron chi connectivity index (χ4n) is 1.75. The van der Waals surface area contributed by atoms with Crippen LogP contribution >= 0.6 is 0 Å². The predicted molar refractivity (Wildman–Crippen MR) is 72.9 cm³/mol. The molecule has 0 aliphatic rings. The van der Waals surface area contributed by atoms with Gasteiger partial charge in [0.05, 0.1) is 5.75 Å². The van der Waals surface area contributed by atoms with Crippen LogP contribution < -0.4 is 0 Å². The Morgan fingerprint density at radius 2 is 1.94 bits per heavy atom. The van der Waals surface area contributed by atoms with Crippen molar-refractivity contribution < 1.29 is 13.0 Å². The topological polar surface area (TPSA) is 57.6 Å². The monoisotopic (exact) mass is 269 g/mol. The summed E-state index contributed by atoms with van der Waals surface area (Å²) in [5.41, 5.74) is 1.79. The van der Waals surface area contributed by atoms with Crippen LogP contribution in [0.2, 0.25) is 0 Å². The Morgan fingerprint density at radius 1 is 1.39 bits per heavy atom. The Bertz CT molecular complexity index is 496. The Morgan fingerprint density at radius 3 is 2.39 bits per heavy atom. The summed E-state index contributed by atoms with van der Waals surface area (Å²) in [5, 5.41) is 0. The zero-order valence-corrected chi connectivity index (χ0v) is 11.5. The first-order chi connectivity index (χ1) is 8.29. The van der Waals surface area contributed by atoms with Gasteiger partial charge in [-0.05, 0) is 18.9 Å². The maximum absolute atomic E-state index is 11.1. The minimum atomic E-state index is -4.00. The molecular formula is C13H19NO3S. The summed E-state index contributed by atoms with van der Waals surface area (Å²) in [6.45, 7) is 5.60. The van der Waals surface area contributed by atoms with Crippen molar-refractivity contribution in [3.8, 4) is 0 Å². The molecule has 1 aromatic rings. The van der Waals surface area contributed by atoms with Gasteiger partial charge >= 0.3 is 0 Å². The lowest BCUT2D eigenvalue weighted by atomic mass is 10.1. The SMILES string of the molecule is C=C(C)N(C)C(Cc1ccccc1)CS(=O)(=O)O. The Hall–Kier alpha value is -1.33. The molecule has 18 heavy (non-hydrogen) atoms. The number of rotatable bonds is 6. The zero-order chi connectivity index (χ0) is 13.8. The minimum absolute atomic E-state index is 0.300. The van der Waals surface area contributed by atoms with E-state index in [0.29, 0.717) is 6.42 Å². The molecule has 5 heteroatoms. The third-order valence-corrected chi connectivity index (χ3v) is 3.67. The molecule has 0 aliphatic heterocycles. The minimum Gasteiger partial charge on any atom is -0.374 e. The molecule has 0 spiro atoms. The molecular weight excluding hydrogens is 250 g/mol. The van der Waals surface area contributed by atoms with Crippen LogP contribution in [0.15, 0.2) is 42.6 Å². The van der Waals surface area contributed by atoms with Crippen molar-refractivity contribution in [1.29, 1.82) is 0 Å². The van der Waals surface area contributed by atoms with Gasteiger partial charge < -0.3 is 4.90 Å². The molecule has 0 saturated carbocycles. The third-order valence-electron chi connectivity index (χ3n) is 2.87. The van der Waals surface area contributed by atoms with Gasteiger partial charge in [-0.15, -0.1) is 0 Å².